The number of nitro groups is 1. The SMILES string of the molecule is Cc1ccc(NCc2cccs2)c([N+](=O)[O-])c1. The van der Waals surface area contributed by atoms with E-state index in [1.165, 1.54) is 0 Å². The molecular weight excluding hydrogens is 236 g/mol. The molecule has 0 saturated carbocycles. The van der Waals surface area contributed by atoms with E-state index >= 15 is 0 Å². The van der Waals surface area contributed by atoms with Gasteiger partial charge in [0.2, 0.25) is 0 Å². The third-order valence-corrected chi connectivity index (χ3v) is 3.26. The number of aryl methyl sites for hydroxylation is 1. The van der Waals surface area contributed by atoms with Crippen molar-refractivity contribution in [2.75, 3.05) is 5.32 Å². The summed E-state index contributed by atoms with van der Waals surface area (Å²) in [5.74, 6) is 0. The van der Waals surface area contributed by atoms with Crippen molar-refractivity contribution in [3.8, 4) is 0 Å². The first-order valence-corrected chi connectivity index (χ1v) is 6.06. The molecule has 0 saturated heterocycles. The molecule has 88 valence electrons. The van der Waals surface area contributed by atoms with E-state index in [1.807, 2.05) is 30.5 Å². The summed E-state index contributed by atoms with van der Waals surface area (Å²) in [5.41, 5.74) is 1.58. The van der Waals surface area contributed by atoms with Gasteiger partial charge in [0.05, 0.1) is 4.92 Å². The van der Waals surface area contributed by atoms with Gasteiger partial charge in [-0.2, -0.15) is 0 Å². The number of nitrogens with zero attached hydrogens (tertiary/aromatic N) is 1. The van der Waals surface area contributed by atoms with Gasteiger partial charge in [-0.05, 0) is 30.0 Å². The summed E-state index contributed by atoms with van der Waals surface area (Å²) in [4.78, 5) is 11.7. The van der Waals surface area contributed by atoms with Crippen LogP contribution in [0, 0.1) is 17.0 Å². The average molecular weight is 248 g/mol. The Morgan fingerprint density at radius 1 is 1.41 bits per heavy atom. The Kier molecular flexibility index (Phi) is 3.39. The Hall–Kier alpha value is -1.88. The highest BCUT2D eigenvalue weighted by molar-refractivity contribution is 7.09. The highest BCUT2D eigenvalue weighted by Gasteiger charge is 2.13. The Morgan fingerprint density at radius 3 is 2.88 bits per heavy atom. The quantitative estimate of drug-likeness (QED) is 0.664. The molecule has 0 unspecified atom stereocenters. The molecule has 1 aromatic carbocycles. The van der Waals surface area contributed by atoms with Crippen molar-refractivity contribution >= 4 is 22.7 Å². The van der Waals surface area contributed by atoms with Crippen LogP contribution in [0.2, 0.25) is 0 Å². The van der Waals surface area contributed by atoms with Gasteiger partial charge in [0.15, 0.2) is 0 Å². The standard InChI is InChI=1S/C12H12N2O2S/c1-9-4-5-11(12(7-9)14(15)16)13-8-10-3-2-6-17-10/h2-7,13H,8H2,1H3. The van der Waals surface area contributed by atoms with Crippen LogP contribution >= 0.6 is 11.3 Å². The summed E-state index contributed by atoms with van der Waals surface area (Å²) in [5, 5.41) is 16.0. The molecule has 2 rings (SSSR count). The lowest BCUT2D eigenvalue weighted by Crippen LogP contribution is -2.01. The maximum atomic E-state index is 10.9. The zero-order chi connectivity index (χ0) is 12.3. The summed E-state index contributed by atoms with van der Waals surface area (Å²) >= 11 is 1.63. The van der Waals surface area contributed by atoms with Gasteiger partial charge in [0, 0.05) is 17.5 Å². The molecule has 0 bridgehead atoms. The number of hydrogen-bond donors (Lipinski definition) is 1. The van der Waals surface area contributed by atoms with Gasteiger partial charge >= 0.3 is 0 Å². The van der Waals surface area contributed by atoms with Crippen molar-refractivity contribution in [3.05, 3.63) is 56.3 Å². The van der Waals surface area contributed by atoms with E-state index in [0.717, 1.165) is 10.4 Å². The molecule has 0 fully saturated rings. The van der Waals surface area contributed by atoms with Gasteiger partial charge < -0.3 is 5.32 Å². The molecule has 0 atom stereocenters. The molecule has 0 amide bonds. The molecule has 17 heavy (non-hydrogen) atoms. The predicted octanol–water partition coefficient (Wildman–Crippen LogP) is 3.58. The number of nitrogens with one attached hydrogen (secondary N) is 1. The Balaban J connectivity index is 2.17. The van der Waals surface area contributed by atoms with Crippen molar-refractivity contribution in [2.45, 2.75) is 13.5 Å². The lowest BCUT2D eigenvalue weighted by molar-refractivity contribution is -0.384. The van der Waals surface area contributed by atoms with Crippen LogP contribution in [0.15, 0.2) is 35.7 Å². The van der Waals surface area contributed by atoms with E-state index in [4.69, 9.17) is 0 Å². The molecule has 4 nitrogen and oxygen atoms in total. The second-order valence-electron chi connectivity index (χ2n) is 3.71. The summed E-state index contributed by atoms with van der Waals surface area (Å²) in [6.45, 7) is 2.46. The van der Waals surface area contributed by atoms with E-state index in [1.54, 1.807) is 23.5 Å². The number of anilines is 1. The Morgan fingerprint density at radius 2 is 2.24 bits per heavy atom. The minimum Gasteiger partial charge on any atom is -0.375 e. The maximum absolute atomic E-state index is 10.9. The molecule has 0 radical (unpaired) electrons. The molecular formula is C12H12N2O2S. The molecule has 1 heterocycles. The first kappa shape index (κ1) is 11.6. The van der Waals surface area contributed by atoms with Crippen LogP contribution in [-0.4, -0.2) is 4.92 Å². The molecule has 0 aliphatic heterocycles. The fraction of sp³-hybridized carbons (Fsp3) is 0.167. The Bertz CT molecular complexity index is 523. The molecule has 2 aromatic rings. The first-order chi connectivity index (χ1) is 8.16. The van der Waals surface area contributed by atoms with Crippen molar-refractivity contribution in [1.82, 2.24) is 0 Å². The molecule has 5 heteroatoms. The van der Waals surface area contributed by atoms with Crippen LogP contribution in [0.5, 0.6) is 0 Å². The van der Waals surface area contributed by atoms with Gasteiger partial charge in [-0.1, -0.05) is 12.1 Å². The van der Waals surface area contributed by atoms with Gasteiger partial charge in [-0.15, -0.1) is 11.3 Å². The van der Waals surface area contributed by atoms with Gasteiger partial charge in [-0.3, -0.25) is 10.1 Å². The minimum absolute atomic E-state index is 0.126. The predicted molar refractivity (Wildman–Crippen MR) is 69.5 cm³/mol. The highest BCUT2D eigenvalue weighted by atomic mass is 32.1. The Labute approximate surface area is 103 Å². The molecule has 0 aliphatic rings. The number of benzene rings is 1. The zero-order valence-electron chi connectivity index (χ0n) is 9.34. The molecule has 0 spiro atoms. The number of nitro benzene ring substituents is 1. The van der Waals surface area contributed by atoms with E-state index < -0.39 is 0 Å². The monoisotopic (exact) mass is 248 g/mol. The van der Waals surface area contributed by atoms with Gasteiger partial charge in [-0.25, -0.2) is 0 Å². The highest BCUT2D eigenvalue weighted by Crippen LogP contribution is 2.26. The van der Waals surface area contributed by atoms with E-state index in [-0.39, 0.29) is 10.6 Å². The van der Waals surface area contributed by atoms with Crippen LogP contribution in [0.4, 0.5) is 11.4 Å². The second kappa shape index (κ2) is 4.97. The van der Waals surface area contributed by atoms with E-state index in [9.17, 15) is 10.1 Å². The van der Waals surface area contributed by atoms with Crippen LogP contribution in [0.3, 0.4) is 0 Å². The van der Waals surface area contributed by atoms with Crippen LogP contribution < -0.4 is 5.32 Å². The third-order valence-electron chi connectivity index (χ3n) is 2.38. The summed E-state index contributed by atoms with van der Waals surface area (Å²) in [7, 11) is 0. The van der Waals surface area contributed by atoms with Crippen molar-refractivity contribution in [1.29, 1.82) is 0 Å². The van der Waals surface area contributed by atoms with E-state index in [0.29, 0.717) is 12.2 Å². The topological polar surface area (TPSA) is 55.2 Å². The maximum Gasteiger partial charge on any atom is 0.292 e. The fourth-order valence-electron chi connectivity index (χ4n) is 1.54. The minimum atomic E-state index is -0.357. The zero-order valence-corrected chi connectivity index (χ0v) is 10.2. The first-order valence-electron chi connectivity index (χ1n) is 5.18. The van der Waals surface area contributed by atoms with Gasteiger partial charge in [0.25, 0.3) is 5.69 Å². The largest absolute Gasteiger partial charge is 0.375 e. The smallest absolute Gasteiger partial charge is 0.292 e. The summed E-state index contributed by atoms with van der Waals surface area (Å²) in [6, 6.07) is 9.16. The lowest BCUT2D eigenvalue weighted by atomic mass is 10.2. The average Bonchev–Trinajstić information content (AvgIpc) is 2.80. The van der Waals surface area contributed by atoms with E-state index in [2.05, 4.69) is 5.32 Å². The number of rotatable bonds is 4. The van der Waals surface area contributed by atoms with Gasteiger partial charge in [0.1, 0.15) is 5.69 Å². The second-order valence-corrected chi connectivity index (χ2v) is 4.74. The fourth-order valence-corrected chi connectivity index (χ4v) is 2.18. The number of thiophene rings is 1. The third kappa shape index (κ3) is 2.82. The van der Waals surface area contributed by atoms with Crippen LogP contribution in [-0.2, 0) is 6.54 Å². The lowest BCUT2D eigenvalue weighted by Gasteiger charge is -2.06. The van der Waals surface area contributed by atoms with Crippen molar-refractivity contribution in [2.24, 2.45) is 0 Å². The summed E-state index contributed by atoms with van der Waals surface area (Å²) in [6.07, 6.45) is 0. The molecule has 0 aliphatic carbocycles. The van der Waals surface area contributed by atoms with Crippen molar-refractivity contribution in [3.63, 3.8) is 0 Å². The number of hydrogen-bond acceptors (Lipinski definition) is 4. The normalized spacial score (nSPS) is 10.2. The molecule has 1 aromatic heterocycles. The van der Waals surface area contributed by atoms with Crippen LogP contribution in [0.1, 0.15) is 10.4 Å². The van der Waals surface area contributed by atoms with Crippen molar-refractivity contribution < 1.29 is 4.92 Å². The molecule has 1 N–H and O–H groups in total. The van der Waals surface area contributed by atoms with Crippen LogP contribution in [0.25, 0.3) is 0 Å². The summed E-state index contributed by atoms with van der Waals surface area (Å²) < 4.78 is 0.